The van der Waals surface area contributed by atoms with E-state index in [4.69, 9.17) is 19.9 Å². The van der Waals surface area contributed by atoms with Crippen molar-refractivity contribution in [1.29, 1.82) is 0 Å². The van der Waals surface area contributed by atoms with E-state index in [0.29, 0.717) is 6.10 Å². The maximum Gasteiger partial charge on any atom is 0.127 e. The molecular weight excluding hydrogens is 254 g/mol. The first-order valence-electron chi connectivity index (χ1n) is 7.34. The summed E-state index contributed by atoms with van der Waals surface area (Å²) in [7, 11) is 3.32. The molecule has 0 aromatic heterocycles. The van der Waals surface area contributed by atoms with Gasteiger partial charge in [-0.15, -0.1) is 0 Å². The molecule has 2 unspecified atom stereocenters. The minimum absolute atomic E-state index is 0.0911. The summed E-state index contributed by atoms with van der Waals surface area (Å²) in [6.07, 6.45) is 5.82. The minimum atomic E-state index is -0.0911. The van der Waals surface area contributed by atoms with E-state index in [9.17, 15) is 0 Å². The summed E-state index contributed by atoms with van der Waals surface area (Å²) in [6.45, 7) is 0.887. The predicted octanol–water partition coefficient (Wildman–Crippen LogP) is 3.05. The summed E-state index contributed by atoms with van der Waals surface area (Å²) in [4.78, 5) is 0. The molecule has 0 saturated carbocycles. The van der Waals surface area contributed by atoms with E-state index in [0.717, 1.165) is 42.9 Å². The van der Waals surface area contributed by atoms with Gasteiger partial charge in [0.15, 0.2) is 0 Å². The van der Waals surface area contributed by atoms with Crippen molar-refractivity contribution in [3.8, 4) is 11.5 Å². The average Bonchev–Trinajstić information content (AvgIpc) is 2.52. The van der Waals surface area contributed by atoms with E-state index in [1.807, 2.05) is 18.2 Å². The van der Waals surface area contributed by atoms with Gasteiger partial charge in [0.2, 0.25) is 0 Å². The van der Waals surface area contributed by atoms with Crippen LogP contribution in [0.2, 0.25) is 0 Å². The van der Waals surface area contributed by atoms with Crippen LogP contribution in [0.15, 0.2) is 18.2 Å². The smallest absolute Gasteiger partial charge is 0.127 e. The van der Waals surface area contributed by atoms with Crippen LogP contribution in [0.25, 0.3) is 0 Å². The highest BCUT2D eigenvalue weighted by molar-refractivity contribution is 5.46. The summed E-state index contributed by atoms with van der Waals surface area (Å²) < 4.78 is 16.6. The molecule has 0 amide bonds. The van der Waals surface area contributed by atoms with Crippen LogP contribution in [0.1, 0.15) is 43.7 Å². The Kier molecular flexibility index (Phi) is 5.68. The van der Waals surface area contributed by atoms with E-state index >= 15 is 0 Å². The van der Waals surface area contributed by atoms with E-state index in [1.165, 1.54) is 12.8 Å². The third-order valence-corrected chi connectivity index (χ3v) is 3.91. The van der Waals surface area contributed by atoms with Gasteiger partial charge in [-0.2, -0.15) is 0 Å². The van der Waals surface area contributed by atoms with E-state index < -0.39 is 0 Å². The van der Waals surface area contributed by atoms with Crippen molar-refractivity contribution < 1.29 is 14.2 Å². The lowest BCUT2D eigenvalue weighted by atomic mass is 9.96. The Hall–Kier alpha value is -1.26. The monoisotopic (exact) mass is 279 g/mol. The normalized spacial score (nSPS) is 20.4. The molecule has 1 fully saturated rings. The molecule has 20 heavy (non-hydrogen) atoms. The standard InChI is InChI=1S/C16H25NO3/c1-18-14-7-5-8-15(19-2)16(14)13(17)10-9-12-6-3-4-11-20-12/h5,7-8,12-13H,3-4,6,9-11,17H2,1-2H3. The fourth-order valence-electron chi connectivity index (χ4n) is 2.79. The first-order chi connectivity index (χ1) is 9.76. The van der Waals surface area contributed by atoms with E-state index in [1.54, 1.807) is 14.2 Å². The van der Waals surface area contributed by atoms with Crippen LogP contribution in [-0.4, -0.2) is 26.9 Å². The fourth-order valence-corrected chi connectivity index (χ4v) is 2.79. The molecule has 1 aliphatic heterocycles. The maximum absolute atomic E-state index is 6.35. The molecular formula is C16H25NO3. The molecule has 1 aliphatic rings. The van der Waals surface area contributed by atoms with Crippen molar-refractivity contribution in [3.05, 3.63) is 23.8 Å². The molecule has 0 spiro atoms. The van der Waals surface area contributed by atoms with Crippen LogP contribution in [0, 0.1) is 0 Å². The summed E-state index contributed by atoms with van der Waals surface area (Å²) in [5.41, 5.74) is 7.30. The SMILES string of the molecule is COc1cccc(OC)c1C(N)CCC1CCCCO1. The van der Waals surface area contributed by atoms with E-state index in [-0.39, 0.29) is 6.04 Å². The van der Waals surface area contributed by atoms with Crippen LogP contribution in [0.5, 0.6) is 11.5 Å². The Morgan fingerprint density at radius 1 is 1.25 bits per heavy atom. The third kappa shape index (κ3) is 3.64. The summed E-state index contributed by atoms with van der Waals surface area (Å²) in [6, 6.07) is 5.67. The highest BCUT2D eigenvalue weighted by Gasteiger charge is 2.20. The van der Waals surface area contributed by atoms with Gasteiger partial charge in [-0.3, -0.25) is 0 Å². The topological polar surface area (TPSA) is 53.7 Å². The number of rotatable bonds is 6. The molecule has 2 atom stereocenters. The van der Waals surface area contributed by atoms with Crippen molar-refractivity contribution in [2.24, 2.45) is 5.73 Å². The predicted molar refractivity (Wildman–Crippen MR) is 79.3 cm³/mol. The number of nitrogens with two attached hydrogens (primary N) is 1. The van der Waals surface area contributed by atoms with Gasteiger partial charge >= 0.3 is 0 Å². The molecule has 2 N–H and O–H groups in total. The number of benzene rings is 1. The van der Waals surface area contributed by atoms with Crippen LogP contribution in [-0.2, 0) is 4.74 Å². The summed E-state index contributed by atoms with van der Waals surface area (Å²) in [5.74, 6) is 1.59. The Balaban J connectivity index is 2.02. The van der Waals surface area contributed by atoms with Crippen LogP contribution in [0.4, 0.5) is 0 Å². The van der Waals surface area contributed by atoms with Crippen molar-refractivity contribution in [2.45, 2.75) is 44.2 Å². The molecule has 1 saturated heterocycles. The maximum atomic E-state index is 6.35. The lowest BCUT2D eigenvalue weighted by molar-refractivity contribution is 0.00906. The highest BCUT2D eigenvalue weighted by atomic mass is 16.5. The quantitative estimate of drug-likeness (QED) is 0.869. The second-order valence-electron chi connectivity index (χ2n) is 5.25. The molecule has 1 aromatic rings. The van der Waals surface area contributed by atoms with Crippen LogP contribution < -0.4 is 15.2 Å². The molecule has 4 nitrogen and oxygen atoms in total. The van der Waals surface area contributed by atoms with Crippen molar-refractivity contribution in [1.82, 2.24) is 0 Å². The lowest BCUT2D eigenvalue weighted by Crippen LogP contribution is -2.21. The van der Waals surface area contributed by atoms with Gasteiger partial charge in [-0.05, 0) is 44.2 Å². The zero-order valence-electron chi connectivity index (χ0n) is 12.4. The first-order valence-corrected chi connectivity index (χ1v) is 7.34. The second-order valence-corrected chi connectivity index (χ2v) is 5.25. The zero-order valence-corrected chi connectivity index (χ0v) is 12.4. The lowest BCUT2D eigenvalue weighted by Gasteiger charge is -2.25. The summed E-state index contributed by atoms with van der Waals surface area (Å²) in [5, 5.41) is 0. The van der Waals surface area contributed by atoms with Gasteiger partial charge in [-0.1, -0.05) is 6.07 Å². The molecule has 4 heteroatoms. The average molecular weight is 279 g/mol. The van der Waals surface area contributed by atoms with Gasteiger partial charge < -0.3 is 19.9 Å². The summed E-state index contributed by atoms with van der Waals surface area (Å²) >= 11 is 0. The molecule has 1 aromatic carbocycles. The first kappa shape index (κ1) is 15.1. The highest BCUT2D eigenvalue weighted by Crippen LogP contribution is 2.35. The molecule has 0 radical (unpaired) electrons. The van der Waals surface area contributed by atoms with Crippen molar-refractivity contribution >= 4 is 0 Å². The largest absolute Gasteiger partial charge is 0.496 e. The van der Waals surface area contributed by atoms with Gasteiger partial charge in [-0.25, -0.2) is 0 Å². The second kappa shape index (κ2) is 7.50. The number of ether oxygens (including phenoxy) is 3. The Labute approximate surface area is 121 Å². The minimum Gasteiger partial charge on any atom is -0.496 e. The van der Waals surface area contributed by atoms with Gasteiger partial charge in [0.05, 0.1) is 25.9 Å². The molecule has 1 heterocycles. The van der Waals surface area contributed by atoms with Gasteiger partial charge in [0.25, 0.3) is 0 Å². The van der Waals surface area contributed by atoms with E-state index in [2.05, 4.69) is 0 Å². The van der Waals surface area contributed by atoms with Gasteiger partial charge in [0, 0.05) is 12.6 Å². The third-order valence-electron chi connectivity index (χ3n) is 3.91. The van der Waals surface area contributed by atoms with Crippen molar-refractivity contribution in [2.75, 3.05) is 20.8 Å². The number of methoxy groups -OCH3 is 2. The fraction of sp³-hybridized carbons (Fsp3) is 0.625. The Morgan fingerprint density at radius 2 is 1.95 bits per heavy atom. The van der Waals surface area contributed by atoms with Crippen LogP contribution >= 0.6 is 0 Å². The van der Waals surface area contributed by atoms with Crippen LogP contribution in [0.3, 0.4) is 0 Å². The Morgan fingerprint density at radius 3 is 2.50 bits per heavy atom. The van der Waals surface area contributed by atoms with Crippen molar-refractivity contribution in [3.63, 3.8) is 0 Å². The Bertz CT molecular complexity index is 394. The molecule has 0 aliphatic carbocycles. The number of hydrogen-bond acceptors (Lipinski definition) is 4. The molecule has 0 bridgehead atoms. The molecule has 112 valence electrons. The molecule has 2 rings (SSSR count). The zero-order chi connectivity index (χ0) is 14.4. The number of hydrogen-bond donors (Lipinski definition) is 1. The van der Waals surface area contributed by atoms with Gasteiger partial charge in [0.1, 0.15) is 11.5 Å².